The minimum absolute atomic E-state index is 0.00716. The average molecular weight is 406 g/mol. The highest BCUT2D eigenvalue weighted by Gasteiger charge is 2.38. The van der Waals surface area contributed by atoms with Crippen LogP contribution in [0.1, 0.15) is 23.5 Å². The van der Waals surface area contributed by atoms with Gasteiger partial charge in [0.2, 0.25) is 5.91 Å². The lowest BCUT2D eigenvalue weighted by Crippen LogP contribution is -2.46. The Labute approximate surface area is 172 Å². The molecule has 0 aliphatic carbocycles. The van der Waals surface area contributed by atoms with Crippen LogP contribution in [0.2, 0.25) is 0 Å². The molecule has 2 aliphatic heterocycles. The number of rotatable bonds is 4. The molecule has 2 aliphatic rings. The van der Waals surface area contributed by atoms with Crippen LogP contribution in [-0.4, -0.2) is 33.2 Å². The van der Waals surface area contributed by atoms with Crippen LogP contribution in [0.5, 0.6) is 0 Å². The Morgan fingerprint density at radius 3 is 2.55 bits per heavy atom. The van der Waals surface area contributed by atoms with Crippen LogP contribution in [0.4, 0.5) is 5.69 Å². The van der Waals surface area contributed by atoms with E-state index >= 15 is 0 Å². The molecule has 1 fully saturated rings. The first kappa shape index (κ1) is 19.2. The summed E-state index contributed by atoms with van der Waals surface area (Å²) in [5.74, 6) is 0.284. The fourth-order valence-corrected chi connectivity index (χ4v) is 4.80. The van der Waals surface area contributed by atoms with Crippen molar-refractivity contribution in [3.05, 3.63) is 86.4 Å². The number of carbonyl (C=O) groups is 1. The summed E-state index contributed by atoms with van der Waals surface area (Å²) < 4.78 is 0. The van der Waals surface area contributed by atoms with E-state index in [0.717, 1.165) is 12.1 Å². The van der Waals surface area contributed by atoms with Crippen molar-refractivity contribution in [2.45, 2.75) is 18.9 Å². The number of non-ortho nitro benzene ring substituents is 1. The maximum atomic E-state index is 12.9. The second-order valence-electron chi connectivity index (χ2n) is 6.99. The SMILES string of the molecule is N#CC1=C2SCN(Cc3ccccc3)CN2C(=O)CC1c1ccc([N+](=O)[O-])cc1. The van der Waals surface area contributed by atoms with Gasteiger partial charge >= 0.3 is 0 Å². The van der Waals surface area contributed by atoms with Crippen molar-refractivity contribution in [3.63, 3.8) is 0 Å². The molecule has 1 unspecified atom stereocenters. The van der Waals surface area contributed by atoms with Gasteiger partial charge in [-0.1, -0.05) is 54.2 Å². The normalized spacial score (nSPS) is 19.6. The molecule has 2 aromatic carbocycles. The number of amides is 1. The van der Waals surface area contributed by atoms with Crippen LogP contribution < -0.4 is 0 Å². The standard InChI is InChI=1S/C21H18N4O3S/c22-11-19-18(16-6-8-17(9-7-16)25(27)28)10-20(26)24-13-23(14-29-21(19)24)12-15-4-2-1-3-5-15/h1-9,18H,10,12-14H2. The molecule has 0 saturated carbocycles. The van der Waals surface area contributed by atoms with Crippen molar-refractivity contribution in [1.82, 2.24) is 9.80 Å². The number of hydrogen-bond donors (Lipinski definition) is 0. The third-order valence-electron chi connectivity index (χ3n) is 5.10. The summed E-state index contributed by atoms with van der Waals surface area (Å²) >= 11 is 1.50. The molecule has 0 bridgehead atoms. The van der Waals surface area contributed by atoms with Crippen molar-refractivity contribution >= 4 is 23.4 Å². The molecule has 0 aromatic heterocycles. The van der Waals surface area contributed by atoms with Crippen LogP contribution in [0.3, 0.4) is 0 Å². The first-order valence-corrected chi connectivity index (χ1v) is 10.1. The minimum Gasteiger partial charge on any atom is -0.292 e. The number of fused-ring (bicyclic) bond motifs is 1. The van der Waals surface area contributed by atoms with E-state index in [-0.39, 0.29) is 23.9 Å². The van der Waals surface area contributed by atoms with E-state index in [4.69, 9.17) is 0 Å². The Morgan fingerprint density at radius 2 is 1.90 bits per heavy atom. The van der Waals surface area contributed by atoms with Crippen molar-refractivity contribution in [1.29, 1.82) is 5.26 Å². The second-order valence-corrected chi connectivity index (χ2v) is 7.92. The van der Waals surface area contributed by atoms with Crippen LogP contribution >= 0.6 is 11.8 Å². The van der Waals surface area contributed by atoms with Gasteiger partial charge in [-0.25, -0.2) is 0 Å². The third kappa shape index (κ3) is 3.88. The Kier molecular flexibility index (Phi) is 5.34. The number of carbonyl (C=O) groups excluding carboxylic acids is 1. The lowest BCUT2D eigenvalue weighted by molar-refractivity contribution is -0.384. The topological polar surface area (TPSA) is 90.5 Å². The van der Waals surface area contributed by atoms with Crippen LogP contribution in [0, 0.1) is 21.4 Å². The summed E-state index contributed by atoms with van der Waals surface area (Å²) in [7, 11) is 0. The van der Waals surface area contributed by atoms with E-state index in [2.05, 4.69) is 23.1 Å². The van der Waals surface area contributed by atoms with E-state index in [1.807, 2.05) is 18.2 Å². The maximum absolute atomic E-state index is 12.9. The molecule has 0 radical (unpaired) electrons. The molecule has 2 aromatic rings. The summed E-state index contributed by atoms with van der Waals surface area (Å²) in [5, 5.41) is 21.4. The highest BCUT2D eigenvalue weighted by atomic mass is 32.2. The predicted octanol–water partition coefficient (Wildman–Crippen LogP) is 3.81. The van der Waals surface area contributed by atoms with Gasteiger partial charge in [0.05, 0.1) is 34.1 Å². The van der Waals surface area contributed by atoms with E-state index < -0.39 is 4.92 Å². The van der Waals surface area contributed by atoms with Gasteiger partial charge in [-0.05, 0) is 11.1 Å². The number of allylic oxidation sites excluding steroid dienone is 1. The Balaban J connectivity index is 1.58. The van der Waals surface area contributed by atoms with Gasteiger partial charge in [0, 0.05) is 31.0 Å². The molecule has 1 amide bonds. The molecule has 2 heterocycles. The largest absolute Gasteiger partial charge is 0.292 e. The van der Waals surface area contributed by atoms with Crippen molar-refractivity contribution in [2.75, 3.05) is 12.5 Å². The van der Waals surface area contributed by atoms with Crippen molar-refractivity contribution in [3.8, 4) is 6.07 Å². The number of nitriles is 1. The molecule has 4 rings (SSSR count). The molecule has 0 N–H and O–H groups in total. The van der Waals surface area contributed by atoms with E-state index in [1.165, 1.54) is 29.5 Å². The number of thioether (sulfide) groups is 1. The van der Waals surface area contributed by atoms with Crippen LogP contribution in [-0.2, 0) is 11.3 Å². The molecule has 8 heteroatoms. The monoisotopic (exact) mass is 406 g/mol. The zero-order valence-electron chi connectivity index (χ0n) is 15.5. The molecule has 29 heavy (non-hydrogen) atoms. The molecule has 0 spiro atoms. The van der Waals surface area contributed by atoms with E-state index in [0.29, 0.717) is 23.1 Å². The molecular formula is C21H18N4O3S. The zero-order chi connectivity index (χ0) is 20.4. The van der Waals surface area contributed by atoms with Gasteiger partial charge in [-0.3, -0.25) is 24.7 Å². The summed E-state index contributed by atoms with van der Waals surface area (Å²) in [6.07, 6.45) is 0.184. The Bertz CT molecular complexity index is 1010. The van der Waals surface area contributed by atoms with Crippen molar-refractivity contribution in [2.24, 2.45) is 0 Å². The molecular weight excluding hydrogens is 388 g/mol. The number of nitro benzene ring substituents is 1. The smallest absolute Gasteiger partial charge is 0.269 e. The van der Waals surface area contributed by atoms with E-state index in [9.17, 15) is 20.2 Å². The summed E-state index contributed by atoms with van der Waals surface area (Å²) in [6.45, 7) is 1.19. The Morgan fingerprint density at radius 1 is 1.17 bits per heavy atom. The fourth-order valence-electron chi connectivity index (χ4n) is 3.66. The zero-order valence-corrected chi connectivity index (χ0v) is 16.3. The van der Waals surface area contributed by atoms with E-state index in [1.54, 1.807) is 17.0 Å². The van der Waals surface area contributed by atoms with Gasteiger partial charge in [-0.2, -0.15) is 5.26 Å². The lowest BCUT2D eigenvalue weighted by atomic mass is 9.86. The van der Waals surface area contributed by atoms with Gasteiger partial charge in [-0.15, -0.1) is 0 Å². The molecule has 146 valence electrons. The lowest BCUT2D eigenvalue weighted by Gasteiger charge is -2.41. The minimum atomic E-state index is -0.459. The van der Waals surface area contributed by atoms with Crippen LogP contribution in [0.15, 0.2) is 65.2 Å². The first-order valence-electron chi connectivity index (χ1n) is 9.15. The molecule has 1 atom stereocenters. The molecule has 1 saturated heterocycles. The van der Waals surface area contributed by atoms with Gasteiger partial charge in [0.1, 0.15) is 0 Å². The van der Waals surface area contributed by atoms with Crippen molar-refractivity contribution < 1.29 is 9.72 Å². The summed E-state index contributed by atoms with van der Waals surface area (Å²) in [5.41, 5.74) is 2.48. The first-order chi connectivity index (χ1) is 14.1. The number of benzene rings is 2. The highest BCUT2D eigenvalue weighted by molar-refractivity contribution is 8.03. The summed E-state index contributed by atoms with van der Waals surface area (Å²) in [4.78, 5) is 27.2. The van der Waals surface area contributed by atoms with Gasteiger partial charge in [0.25, 0.3) is 5.69 Å². The highest BCUT2D eigenvalue weighted by Crippen LogP contribution is 2.42. The second kappa shape index (κ2) is 8.07. The molecule has 7 nitrogen and oxygen atoms in total. The van der Waals surface area contributed by atoms with Gasteiger partial charge < -0.3 is 0 Å². The number of hydrogen-bond acceptors (Lipinski definition) is 6. The average Bonchev–Trinajstić information content (AvgIpc) is 2.75. The number of nitrogens with zero attached hydrogens (tertiary/aromatic N) is 4. The predicted molar refractivity (Wildman–Crippen MR) is 109 cm³/mol. The third-order valence-corrected chi connectivity index (χ3v) is 6.31. The van der Waals surface area contributed by atoms with Crippen LogP contribution in [0.25, 0.3) is 0 Å². The Hall–Kier alpha value is -3.15. The number of nitro groups is 1. The fraction of sp³-hybridized carbons (Fsp3) is 0.238. The van der Waals surface area contributed by atoms with Gasteiger partial charge in [0.15, 0.2) is 0 Å². The quantitative estimate of drug-likeness (QED) is 0.566. The maximum Gasteiger partial charge on any atom is 0.269 e. The summed E-state index contributed by atoms with van der Waals surface area (Å²) in [6, 6.07) is 18.5.